The predicted molar refractivity (Wildman–Crippen MR) is 96.6 cm³/mol. The molecule has 0 saturated carbocycles. The van der Waals surface area contributed by atoms with Gasteiger partial charge in [-0.1, -0.05) is 23.4 Å². The number of halogens is 3. The van der Waals surface area contributed by atoms with Gasteiger partial charge in [-0.25, -0.2) is 13.1 Å². The minimum atomic E-state index is -4.66. The summed E-state index contributed by atoms with van der Waals surface area (Å²) in [6.45, 7) is 1.57. The molecule has 0 saturated heterocycles. The molecule has 3 aromatic rings. The third-order valence-corrected chi connectivity index (χ3v) is 6.58. The number of thiophene rings is 1. The number of nitrogens with one attached hydrogen (secondary N) is 1. The van der Waals surface area contributed by atoms with Crippen LogP contribution in [0, 0.1) is 6.92 Å². The highest BCUT2D eigenvalue weighted by molar-refractivity contribution is 7.89. The first kappa shape index (κ1) is 20.4. The van der Waals surface area contributed by atoms with Gasteiger partial charge in [0.1, 0.15) is 11.4 Å². The number of alkyl halides is 3. The van der Waals surface area contributed by atoms with Gasteiger partial charge in [-0.15, -0.1) is 11.3 Å². The van der Waals surface area contributed by atoms with Gasteiger partial charge in [-0.2, -0.15) is 13.2 Å². The van der Waals surface area contributed by atoms with Crippen LogP contribution in [0.4, 0.5) is 13.2 Å². The number of sulfonamides is 1. The topological polar surface area (TPSA) is 81.4 Å². The van der Waals surface area contributed by atoms with Crippen molar-refractivity contribution in [2.45, 2.75) is 24.5 Å². The van der Waals surface area contributed by atoms with Crippen molar-refractivity contribution in [1.29, 1.82) is 0 Å². The van der Waals surface area contributed by atoms with E-state index in [0.717, 1.165) is 17.4 Å². The smallest absolute Gasteiger partial charge is 0.452 e. The molecule has 150 valence electrons. The van der Waals surface area contributed by atoms with Crippen molar-refractivity contribution in [2.24, 2.45) is 0 Å². The summed E-state index contributed by atoms with van der Waals surface area (Å²) in [6.07, 6.45) is -4.66. The number of benzene rings is 1. The Morgan fingerprint density at radius 1 is 1.25 bits per heavy atom. The summed E-state index contributed by atoms with van der Waals surface area (Å²) >= 11 is 1.01. The van der Waals surface area contributed by atoms with Crippen molar-refractivity contribution >= 4 is 21.4 Å². The summed E-state index contributed by atoms with van der Waals surface area (Å²) in [5.41, 5.74) is 0.569. The third-order valence-electron chi connectivity index (χ3n) is 3.85. The van der Waals surface area contributed by atoms with E-state index < -0.39 is 22.0 Å². The summed E-state index contributed by atoms with van der Waals surface area (Å²) in [5.74, 6) is -0.706. The number of hydrogen-bond acceptors (Lipinski definition) is 6. The number of methoxy groups -OCH3 is 1. The van der Waals surface area contributed by atoms with E-state index in [-0.39, 0.29) is 22.0 Å². The fourth-order valence-corrected chi connectivity index (χ4v) is 5.03. The summed E-state index contributed by atoms with van der Waals surface area (Å²) in [5, 5.41) is 3.39. The van der Waals surface area contributed by atoms with E-state index in [1.807, 2.05) is 0 Å². The van der Waals surface area contributed by atoms with Gasteiger partial charge in [-0.05, 0) is 19.1 Å². The first-order valence-corrected chi connectivity index (χ1v) is 10.2. The van der Waals surface area contributed by atoms with Crippen LogP contribution in [-0.4, -0.2) is 20.7 Å². The van der Waals surface area contributed by atoms with Crippen LogP contribution in [0.25, 0.3) is 10.6 Å². The molecule has 2 heterocycles. The van der Waals surface area contributed by atoms with Crippen LogP contribution in [-0.2, 0) is 22.7 Å². The largest absolute Gasteiger partial charge is 0.496 e. The number of ether oxygens (including phenoxy) is 1. The molecule has 0 aliphatic rings. The maximum atomic E-state index is 12.7. The average Bonchev–Trinajstić information content (AvgIpc) is 3.27. The molecule has 0 unspecified atom stereocenters. The van der Waals surface area contributed by atoms with Gasteiger partial charge in [0.25, 0.3) is 0 Å². The zero-order valence-corrected chi connectivity index (χ0v) is 16.3. The van der Waals surface area contributed by atoms with Crippen molar-refractivity contribution < 1.29 is 30.8 Å². The fourth-order valence-electron chi connectivity index (χ4n) is 2.48. The molecule has 0 spiro atoms. The average molecular weight is 432 g/mol. The second-order valence-corrected chi connectivity index (χ2v) is 8.73. The number of aryl methyl sites for hydroxylation is 1. The molecular weight excluding hydrogens is 417 g/mol. The predicted octanol–water partition coefficient (Wildman–Crippen LogP) is 4.22. The summed E-state index contributed by atoms with van der Waals surface area (Å²) in [4.78, 5) is 0.646. The Morgan fingerprint density at radius 2 is 1.96 bits per heavy atom. The molecule has 0 aliphatic carbocycles. The molecule has 28 heavy (non-hydrogen) atoms. The standard InChI is InChI=1S/C17H15F3N2O4S2/c1-10-15(8-14(27-10)12-7-16(26-22-12)17(18,19)20)28(23,24)21-9-11-5-3-4-6-13(11)25-2/h3-8,21H,9H2,1-2H3. The van der Waals surface area contributed by atoms with E-state index in [1.54, 1.807) is 31.2 Å². The number of nitrogens with zero attached hydrogens (tertiary/aromatic N) is 1. The van der Waals surface area contributed by atoms with Crippen LogP contribution in [0.15, 0.2) is 45.8 Å². The van der Waals surface area contributed by atoms with Crippen LogP contribution in [0.1, 0.15) is 16.2 Å². The summed E-state index contributed by atoms with van der Waals surface area (Å²) < 4.78 is 75.3. The number of rotatable bonds is 6. The van der Waals surface area contributed by atoms with E-state index in [0.29, 0.717) is 16.2 Å². The van der Waals surface area contributed by atoms with Crippen LogP contribution in [0.2, 0.25) is 0 Å². The normalized spacial score (nSPS) is 12.3. The van der Waals surface area contributed by atoms with Crippen molar-refractivity contribution in [3.63, 3.8) is 0 Å². The third kappa shape index (κ3) is 4.21. The summed E-state index contributed by atoms with van der Waals surface area (Å²) in [6, 6.07) is 8.97. The molecule has 11 heteroatoms. The maximum Gasteiger partial charge on any atom is 0.452 e. The lowest BCUT2D eigenvalue weighted by Gasteiger charge is -2.09. The molecule has 1 N–H and O–H groups in total. The quantitative estimate of drug-likeness (QED) is 0.631. The lowest BCUT2D eigenvalue weighted by atomic mass is 10.2. The lowest BCUT2D eigenvalue weighted by Crippen LogP contribution is -2.23. The minimum Gasteiger partial charge on any atom is -0.496 e. The summed E-state index contributed by atoms with van der Waals surface area (Å²) in [7, 11) is -2.42. The monoisotopic (exact) mass is 432 g/mol. The molecule has 1 aromatic carbocycles. The van der Waals surface area contributed by atoms with Gasteiger partial charge in [0, 0.05) is 23.1 Å². The van der Waals surface area contributed by atoms with Crippen molar-refractivity contribution in [3.05, 3.63) is 52.6 Å². The SMILES string of the molecule is COc1ccccc1CNS(=O)(=O)c1cc(-c2cc(C(F)(F)F)on2)sc1C. The fraction of sp³-hybridized carbons (Fsp3) is 0.235. The Hall–Kier alpha value is -2.37. The Labute approximate surface area is 163 Å². The molecule has 3 rings (SSSR count). The molecular formula is C17H15F3N2O4S2. The molecule has 0 radical (unpaired) electrons. The molecule has 6 nitrogen and oxygen atoms in total. The highest BCUT2D eigenvalue weighted by Gasteiger charge is 2.36. The molecule has 0 bridgehead atoms. The minimum absolute atomic E-state index is 0.000844. The molecule has 0 atom stereocenters. The zero-order chi connectivity index (χ0) is 20.5. The van der Waals surface area contributed by atoms with Crippen molar-refractivity contribution in [1.82, 2.24) is 9.88 Å². The Bertz CT molecular complexity index is 1090. The number of aromatic nitrogens is 1. The van der Waals surface area contributed by atoms with Crippen molar-refractivity contribution in [3.8, 4) is 16.3 Å². The highest BCUT2D eigenvalue weighted by atomic mass is 32.2. The second-order valence-electron chi connectivity index (χ2n) is 5.74. The lowest BCUT2D eigenvalue weighted by molar-refractivity contribution is -0.155. The van der Waals surface area contributed by atoms with E-state index in [1.165, 1.54) is 13.2 Å². The maximum absolute atomic E-state index is 12.7. The molecule has 0 aliphatic heterocycles. The van der Waals surface area contributed by atoms with Gasteiger partial charge in [-0.3, -0.25) is 0 Å². The molecule has 0 amide bonds. The van der Waals surface area contributed by atoms with Crippen molar-refractivity contribution in [2.75, 3.05) is 7.11 Å². The Kier molecular flexibility index (Phi) is 5.50. The number of hydrogen-bond donors (Lipinski definition) is 1. The van der Waals surface area contributed by atoms with E-state index in [9.17, 15) is 21.6 Å². The highest BCUT2D eigenvalue weighted by Crippen LogP contribution is 2.36. The first-order valence-electron chi connectivity index (χ1n) is 7.88. The van der Waals surface area contributed by atoms with Gasteiger partial charge in [0.05, 0.1) is 16.9 Å². The zero-order valence-electron chi connectivity index (χ0n) is 14.7. The molecule has 2 aromatic heterocycles. The Balaban J connectivity index is 1.84. The van der Waals surface area contributed by atoms with Gasteiger partial charge >= 0.3 is 6.18 Å². The molecule has 0 fully saturated rings. The van der Waals surface area contributed by atoms with Crippen LogP contribution >= 0.6 is 11.3 Å². The van der Waals surface area contributed by atoms with Crippen LogP contribution < -0.4 is 9.46 Å². The second kappa shape index (κ2) is 7.57. The van der Waals surface area contributed by atoms with Crippen LogP contribution in [0.5, 0.6) is 5.75 Å². The Morgan fingerprint density at radius 3 is 2.61 bits per heavy atom. The van der Waals surface area contributed by atoms with Gasteiger partial charge in [0.15, 0.2) is 0 Å². The van der Waals surface area contributed by atoms with Gasteiger partial charge in [0.2, 0.25) is 15.8 Å². The number of para-hydroxylation sites is 1. The van der Waals surface area contributed by atoms with Gasteiger partial charge < -0.3 is 9.26 Å². The first-order chi connectivity index (χ1) is 13.1. The van der Waals surface area contributed by atoms with E-state index >= 15 is 0 Å². The van der Waals surface area contributed by atoms with E-state index in [2.05, 4.69) is 14.4 Å². The van der Waals surface area contributed by atoms with E-state index in [4.69, 9.17) is 4.74 Å². The van der Waals surface area contributed by atoms with Crippen LogP contribution in [0.3, 0.4) is 0 Å².